The largest absolute Gasteiger partial charge is 0.509 e. The molecule has 1 saturated carbocycles. The van der Waals surface area contributed by atoms with Gasteiger partial charge in [0.25, 0.3) is 0 Å². The van der Waals surface area contributed by atoms with Crippen molar-refractivity contribution < 1.29 is 18.7 Å². The van der Waals surface area contributed by atoms with Gasteiger partial charge in [0.2, 0.25) is 0 Å². The van der Waals surface area contributed by atoms with E-state index in [0.717, 1.165) is 25.7 Å². The van der Waals surface area contributed by atoms with Crippen molar-refractivity contribution in [3.05, 3.63) is 11.1 Å². The van der Waals surface area contributed by atoms with Crippen LogP contribution in [0, 0.1) is 5.41 Å². The second-order valence-corrected chi connectivity index (χ2v) is 7.36. The number of amidine groups is 1. The molecule has 0 saturated heterocycles. The van der Waals surface area contributed by atoms with E-state index in [1.54, 1.807) is 13.8 Å². The molecular formula is C14H25N2O4P. The van der Waals surface area contributed by atoms with E-state index in [1.165, 1.54) is 6.42 Å². The Morgan fingerprint density at radius 1 is 1.24 bits per heavy atom. The summed E-state index contributed by atoms with van der Waals surface area (Å²) >= 11 is 0. The summed E-state index contributed by atoms with van der Waals surface area (Å²) in [5.41, 5.74) is 0. The van der Waals surface area contributed by atoms with E-state index in [9.17, 15) is 9.67 Å². The van der Waals surface area contributed by atoms with Crippen LogP contribution in [-0.2, 0) is 13.6 Å². The van der Waals surface area contributed by atoms with E-state index in [0.29, 0.717) is 0 Å². The predicted octanol–water partition coefficient (Wildman–Crippen LogP) is 3.65. The van der Waals surface area contributed by atoms with Crippen LogP contribution in [0.3, 0.4) is 0 Å². The first-order valence-electron chi connectivity index (χ1n) is 7.70. The first-order valence-corrected chi connectivity index (χ1v) is 9.25. The molecule has 0 atom stereocenters. The van der Waals surface area contributed by atoms with Crippen molar-refractivity contribution in [2.75, 3.05) is 19.8 Å². The monoisotopic (exact) mass is 316 g/mol. The highest BCUT2D eigenvalue weighted by Crippen LogP contribution is 2.59. The Morgan fingerprint density at radius 3 is 2.33 bits per heavy atom. The maximum Gasteiger partial charge on any atom is 0.368 e. The summed E-state index contributed by atoms with van der Waals surface area (Å²) in [4.78, 5) is 1.84. The molecule has 1 heterocycles. The van der Waals surface area contributed by atoms with Gasteiger partial charge in [-0.2, -0.15) is 0 Å². The lowest BCUT2D eigenvalue weighted by Gasteiger charge is -2.33. The summed E-state index contributed by atoms with van der Waals surface area (Å²) in [6, 6.07) is 0.239. The zero-order chi connectivity index (χ0) is 15.5. The van der Waals surface area contributed by atoms with Crippen LogP contribution in [0.4, 0.5) is 0 Å². The van der Waals surface area contributed by atoms with Gasteiger partial charge in [0.15, 0.2) is 0 Å². The molecule has 21 heavy (non-hydrogen) atoms. The molecule has 0 radical (unpaired) electrons. The highest BCUT2D eigenvalue weighted by atomic mass is 31.2. The van der Waals surface area contributed by atoms with Crippen LogP contribution < -0.4 is 0 Å². The van der Waals surface area contributed by atoms with Crippen LogP contribution in [0.2, 0.25) is 0 Å². The van der Waals surface area contributed by atoms with Gasteiger partial charge < -0.3 is 19.1 Å². The van der Waals surface area contributed by atoms with E-state index in [-0.39, 0.29) is 42.7 Å². The Morgan fingerprint density at radius 2 is 1.81 bits per heavy atom. The average Bonchev–Trinajstić information content (AvgIpc) is 2.76. The van der Waals surface area contributed by atoms with Crippen molar-refractivity contribution >= 4 is 13.4 Å². The van der Waals surface area contributed by atoms with Crippen molar-refractivity contribution in [2.45, 2.75) is 52.0 Å². The van der Waals surface area contributed by atoms with Gasteiger partial charge >= 0.3 is 7.60 Å². The number of nitrogens with one attached hydrogen (secondary N) is 1. The van der Waals surface area contributed by atoms with Gasteiger partial charge in [-0.15, -0.1) is 0 Å². The molecule has 0 spiro atoms. The summed E-state index contributed by atoms with van der Waals surface area (Å²) in [6.07, 6.45) is 5.52. The van der Waals surface area contributed by atoms with E-state index in [4.69, 9.17) is 14.5 Å². The molecule has 1 aliphatic heterocycles. The van der Waals surface area contributed by atoms with Crippen molar-refractivity contribution in [3.8, 4) is 0 Å². The molecule has 0 unspecified atom stereocenters. The summed E-state index contributed by atoms with van der Waals surface area (Å²) in [5.74, 6) is 0.0560. The highest BCUT2D eigenvalue weighted by molar-refractivity contribution is 7.60. The first-order chi connectivity index (χ1) is 10.0. The van der Waals surface area contributed by atoms with Crippen LogP contribution in [0.1, 0.15) is 46.0 Å². The van der Waals surface area contributed by atoms with Crippen LogP contribution in [0.5, 0.6) is 0 Å². The van der Waals surface area contributed by atoms with Gasteiger partial charge in [-0.25, -0.2) is 0 Å². The lowest BCUT2D eigenvalue weighted by atomic mass is 9.94. The number of aliphatic hydroxyl groups is 1. The van der Waals surface area contributed by atoms with Crippen LogP contribution in [-0.4, -0.2) is 41.6 Å². The van der Waals surface area contributed by atoms with Gasteiger partial charge in [0.1, 0.15) is 16.9 Å². The number of rotatable bonds is 6. The summed E-state index contributed by atoms with van der Waals surface area (Å²) in [5, 5.41) is 18.6. The Kier molecular flexibility index (Phi) is 5.47. The minimum atomic E-state index is -3.60. The molecule has 120 valence electrons. The van der Waals surface area contributed by atoms with Crippen LogP contribution >= 0.6 is 7.60 Å². The van der Waals surface area contributed by atoms with Crippen molar-refractivity contribution in [3.63, 3.8) is 0 Å². The Hall–Kier alpha value is -0.840. The predicted molar refractivity (Wildman–Crippen MR) is 81.8 cm³/mol. The maximum atomic E-state index is 12.8. The number of aliphatic hydroxyl groups excluding tert-OH is 1. The molecule has 0 bridgehead atoms. The molecular weight excluding hydrogens is 291 g/mol. The third-order valence-corrected chi connectivity index (χ3v) is 6.21. The molecule has 0 aromatic rings. The lowest BCUT2D eigenvalue weighted by molar-refractivity contribution is 0.226. The SMILES string of the molecule is CCOP(=O)(OCC)C1=C(O)CN(C2CCCCC2)C1=N. The Bertz CT molecular complexity index is 462. The zero-order valence-electron chi connectivity index (χ0n) is 12.8. The molecule has 2 aliphatic rings. The van der Waals surface area contributed by atoms with Crippen LogP contribution in [0.25, 0.3) is 0 Å². The van der Waals surface area contributed by atoms with Crippen LogP contribution in [0.15, 0.2) is 11.1 Å². The summed E-state index contributed by atoms with van der Waals surface area (Å²) in [7, 11) is -3.60. The fourth-order valence-corrected chi connectivity index (χ4v) is 4.87. The van der Waals surface area contributed by atoms with Gasteiger partial charge in [0.05, 0.1) is 19.8 Å². The fraction of sp³-hybridized carbons (Fsp3) is 0.786. The van der Waals surface area contributed by atoms with E-state index >= 15 is 0 Å². The number of hydrogen-bond acceptors (Lipinski definition) is 5. The topological polar surface area (TPSA) is 82.9 Å². The normalized spacial score (nSPS) is 21.4. The summed E-state index contributed by atoms with van der Waals surface area (Å²) < 4.78 is 23.4. The van der Waals surface area contributed by atoms with Crippen molar-refractivity contribution in [1.82, 2.24) is 4.90 Å². The molecule has 0 aromatic heterocycles. The second-order valence-electron chi connectivity index (χ2n) is 5.40. The van der Waals surface area contributed by atoms with Crippen molar-refractivity contribution in [1.29, 1.82) is 5.41 Å². The third-order valence-electron chi connectivity index (χ3n) is 3.99. The van der Waals surface area contributed by atoms with E-state index < -0.39 is 7.60 Å². The summed E-state index contributed by atoms with van der Waals surface area (Å²) in [6.45, 7) is 4.11. The Labute approximate surface area is 126 Å². The highest BCUT2D eigenvalue weighted by Gasteiger charge is 2.44. The third kappa shape index (κ3) is 3.33. The Balaban J connectivity index is 2.21. The molecule has 0 aromatic carbocycles. The van der Waals surface area contributed by atoms with Gasteiger partial charge in [-0.3, -0.25) is 9.97 Å². The van der Waals surface area contributed by atoms with E-state index in [1.807, 2.05) is 4.90 Å². The molecule has 1 fully saturated rings. The molecule has 6 nitrogen and oxygen atoms in total. The average molecular weight is 316 g/mol. The minimum Gasteiger partial charge on any atom is -0.509 e. The van der Waals surface area contributed by atoms with Gasteiger partial charge in [-0.1, -0.05) is 19.3 Å². The molecule has 1 aliphatic carbocycles. The molecule has 2 N–H and O–H groups in total. The quantitative estimate of drug-likeness (QED) is 0.731. The fourth-order valence-electron chi connectivity index (χ4n) is 3.09. The maximum absolute atomic E-state index is 12.8. The van der Waals surface area contributed by atoms with E-state index in [2.05, 4.69) is 0 Å². The second kappa shape index (κ2) is 6.95. The molecule has 2 rings (SSSR count). The number of nitrogens with zero attached hydrogens (tertiary/aromatic N) is 1. The zero-order valence-corrected chi connectivity index (χ0v) is 13.7. The first kappa shape index (κ1) is 16.5. The van der Waals surface area contributed by atoms with Crippen molar-refractivity contribution in [2.24, 2.45) is 0 Å². The minimum absolute atomic E-state index is 0.0455. The lowest BCUT2D eigenvalue weighted by Crippen LogP contribution is -2.38. The molecule has 0 amide bonds. The van der Waals surface area contributed by atoms with Gasteiger partial charge in [0, 0.05) is 6.04 Å². The molecule has 7 heteroatoms. The number of hydrogen-bond donors (Lipinski definition) is 2. The standard InChI is InChI=1S/C14H25N2O4P/c1-3-19-21(18,20-4-2)13-12(17)10-16(14(13)15)11-8-6-5-7-9-11/h11,15,17H,3-10H2,1-2H3. The smallest absolute Gasteiger partial charge is 0.368 e. The van der Waals surface area contributed by atoms with Gasteiger partial charge in [-0.05, 0) is 26.7 Å².